The molecule has 3 rings (SSSR count). The third kappa shape index (κ3) is 3.89. The Hall–Kier alpha value is -3.02. The highest BCUT2D eigenvalue weighted by molar-refractivity contribution is 6.07. The van der Waals surface area contributed by atoms with Gasteiger partial charge in [-0.3, -0.25) is 14.9 Å². The Morgan fingerprint density at radius 1 is 1.22 bits per heavy atom. The Labute approximate surface area is 158 Å². The molecule has 0 spiro atoms. The van der Waals surface area contributed by atoms with E-state index < -0.39 is 4.92 Å². The van der Waals surface area contributed by atoms with Crippen molar-refractivity contribution < 1.29 is 14.5 Å². The standard InChI is InChI=1S/C21H22N2O4/c1-14-8-10-17-13-20(23(26)27)18(11-9-15(2)24)12-19(17)22(14)21(25)16-6-4-3-5-7-16/h3-7,12-14H,8-11H2,1-2H3. The third-order valence-corrected chi connectivity index (χ3v) is 4.99. The van der Waals surface area contributed by atoms with E-state index in [0.717, 1.165) is 12.0 Å². The van der Waals surface area contributed by atoms with Gasteiger partial charge in [-0.05, 0) is 56.9 Å². The molecule has 27 heavy (non-hydrogen) atoms. The molecule has 2 aromatic rings. The molecule has 1 heterocycles. The summed E-state index contributed by atoms with van der Waals surface area (Å²) < 4.78 is 0. The smallest absolute Gasteiger partial charge is 0.273 e. The number of carbonyl (C=O) groups is 2. The number of Topliss-reactive ketones (excluding diaryl/α,β-unsaturated/α-hetero) is 1. The van der Waals surface area contributed by atoms with Gasteiger partial charge in [0, 0.05) is 35.3 Å². The van der Waals surface area contributed by atoms with Crippen molar-refractivity contribution in [2.45, 2.75) is 45.6 Å². The van der Waals surface area contributed by atoms with Crippen LogP contribution in [0.5, 0.6) is 0 Å². The van der Waals surface area contributed by atoms with E-state index in [0.29, 0.717) is 29.7 Å². The molecule has 2 aromatic carbocycles. The number of anilines is 1. The molecule has 0 saturated heterocycles. The van der Waals surface area contributed by atoms with E-state index in [1.54, 1.807) is 29.2 Å². The first kappa shape index (κ1) is 18.8. The second-order valence-corrected chi connectivity index (χ2v) is 7.00. The van der Waals surface area contributed by atoms with E-state index in [2.05, 4.69) is 0 Å². The second-order valence-electron chi connectivity index (χ2n) is 7.00. The van der Waals surface area contributed by atoms with Crippen LogP contribution in [0.25, 0.3) is 0 Å². The number of fused-ring (bicyclic) bond motifs is 1. The fraction of sp³-hybridized carbons (Fsp3) is 0.333. The molecular formula is C21H22N2O4. The average Bonchev–Trinajstić information content (AvgIpc) is 2.65. The molecule has 0 radical (unpaired) electrons. The van der Waals surface area contributed by atoms with Crippen LogP contribution in [0.1, 0.15) is 48.2 Å². The molecule has 6 heteroatoms. The van der Waals surface area contributed by atoms with Crippen molar-refractivity contribution >= 4 is 23.1 Å². The van der Waals surface area contributed by atoms with Gasteiger partial charge in [0.2, 0.25) is 0 Å². The minimum Gasteiger partial charge on any atom is -0.305 e. The fourth-order valence-electron chi connectivity index (χ4n) is 3.53. The summed E-state index contributed by atoms with van der Waals surface area (Å²) in [6.07, 6.45) is 1.96. The van der Waals surface area contributed by atoms with Crippen molar-refractivity contribution in [3.05, 3.63) is 69.3 Å². The van der Waals surface area contributed by atoms with E-state index in [1.165, 1.54) is 6.92 Å². The number of aryl methyl sites for hydroxylation is 2. The quantitative estimate of drug-likeness (QED) is 0.589. The molecule has 6 nitrogen and oxygen atoms in total. The lowest BCUT2D eigenvalue weighted by Crippen LogP contribution is -2.42. The molecule has 1 aliphatic heterocycles. The lowest BCUT2D eigenvalue weighted by atomic mass is 9.92. The highest BCUT2D eigenvalue weighted by Crippen LogP contribution is 2.37. The number of carbonyl (C=O) groups excluding carboxylic acids is 2. The number of nitro groups is 1. The molecule has 1 unspecified atom stereocenters. The molecule has 0 N–H and O–H groups in total. The minimum absolute atomic E-state index is 0.00711. The average molecular weight is 366 g/mol. The van der Waals surface area contributed by atoms with Gasteiger partial charge >= 0.3 is 0 Å². The Balaban J connectivity index is 2.07. The maximum atomic E-state index is 13.1. The van der Waals surface area contributed by atoms with Gasteiger partial charge in [0.25, 0.3) is 11.6 Å². The van der Waals surface area contributed by atoms with Crippen LogP contribution in [0.4, 0.5) is 11.4 Å². The SMILES string of the molecule is CC(=O)CCc1cc2c(cc1[N+](=O)[O-])CCC(C)N2C(=O)c1ccccc1. The zero-order valence-corrected chi connectivity index (χ0v) is 15.5. The number of ketones is 1. The molecule has 0 saturated carbocycles. The number of benzene rings is 2. The Morgan fingerprint density at radius 2 is 1.93 bits per heavy atom. The molecule has 1 aliphatic rings. The summed E-state index contributed by atoms with van der Waals surface area (Å²) >= 11 is 0. The van der Waals surface area contributed by atoms with Crippen molar-refractivity contribution in [3.63, 3.8) is 0 Å². The lowest BCUT2D eigenvalue weighted by molar-refractivity contribution is -0.385. The molecule has 0 fully saturated rings. The largest absolute Gasteiger partial charge is 0.305 e. The van der Waals surface area contributed by atoms with Crippen LogP contribution >= 0.6 is 0 Å². The molecule has 1 amide bonds. The first-order valence-corrected chi connectivity index (χ1v) is 9.06. The zero-order chi connectivity index (χ0) is 19.6. The Morgan fingerprint density at radius 3 is 2.56 bits per heavy atom. The number of rotatable bonds is 5. The van der Waals surface area contributed by atoms with E-state index in [1.807, 2.05) is 25.1 Å². The summed E-state index contributed by atoms with van der Waals surface area (Å²) in [5.74, 6) is -0.136. The van der Waals surface area contributed by atoms with Gasteiger partial charge in [-0.25, -0.2) is 0 Å². The number of amides is 1. The summed E-state index contributed by atoms with van der Waals surface area (Å²) in [6, 6.07) is 12.3. The maximum Gasteiger partial charge on any atom is 0.273 e. The molecular weight excluding hydrogens is 344 g/mol. The van der Waals surface area contributed by atoms with Gasteiger partial charge in [0.15, 0.2) is 0 Å². The minimum atomic E-state index is -0.406. The first-order chi connectivity index (χ1) is 12.9. The molecule has 0 aromatic heterocycles. The molecule has 1 atom stereocenters. The van der Waals surface area contributed by atoms with E-state index in [4.69, 9.17) is 0 Å². The van der Waals surface area contributed by atoms with Crippen molar-refractivity contribution in [1.82, 2.24) is 0 Å². The van der Waals surface area contributed by atoms with Gasteiger partial charge < -0.3 is 9.69 Å². The van der Waals surface area contributed by atoms with Crippen LogP contribution < -0.4 is 4.90 Å². The number of hydrogen-bond donors (Lipinski definition) is 0. The maximum absolute atomic E-state index is 13.1. The second kappa shape index (κ2) is 7.70. The van der Waals surface area contributed by atoms with Gasteiger partial charge in [-0.15, -0.1) is 0 Å². The summed E-state index contributed by atoms with van der Waals surface area (Å²) in [5, 5.41) is 11.5. The van der Waals surface area contributed by atoms with Crippen molar-refractivity contribution in [2.75, 3.05) is 4.90 Å². The predicted octanol–water partition coefficient (Wildman–Crippen LogP) is 4.10. The van der Waals surface area contributed by atoms with Gasteiger partial charge in [-0.1, -0.05) is 18.2 Å². The number of nitrogens with zero attached hydrogens (tertiary/aromatic N) is 2. The van der Waals surface area contributed by atoms with Crippen LogP contribution in [-0.4, -0.2) is 22.7 Å². The van der Waals surface area contributed by atoms with Crippen LogP contribution in [0.15, 0.2) is 42.5 Å². The van der Waals surface area contributed by atoms with Crippen LogP contribution in [0, 0.1) is 10.1 Å². The zero-order valence-electron chi connectivity index (χ0n) is 15.5. The molecule has 0 aliphatic carbocycles. The summed E-state index contributed by atoms with van der Waals surface area (Å²) in [7, 11) is 0. The van der Waals surface area contributed by atoms with Crippen molar-refractivity contribution in [2.24, 2.45) is 0 Å². The van der Waals surface area contributed by atoms with Crippen LogP contribution in [-0.2, 0) is 17.6 Å². The van der Waals surface area contributed by atoms with E-state index >= 15 is 0 Å². The van der Waals surface area contributed by atoms with Gasteiger partial charge in [-0.2, -0.15) is 0 Å². The van der Waals surface area contributed by atoms with E-state index in [9.17, 15) is 19.7 Å². The summed E-state index contributed by atoms with van der Waals surface area (Å²) in [5.41, 5.74) is 2.62. The number of nitro benzene ring substituents is 1. The van der Waals surface area contributed by atoms with E-state index in [-0.39, 0.29) is 29.8 Å². The molecule has 0 bridgehead atoms. The topological polar surface area (TPSA) is 80.5 Å². The van der Waals surface area contributed by atoms with Gasteiger partial charge in [0.1, 0.15) is 5.78 Å². The van der Waals surface area contributed by atoms with Crippen LogP contribution in [0.2, 0.25) is 0 Å². The lowest BCUT2D eigenvalue weighted by Gasteiger charge is -2.35. The monoisotopic (exact) mass is 366 g/mol. The van der Waals surface area contributed by atoms with Crippen LogP contribution in [0.3, 0.4) is 0 Å². The predicted molar refractivity (Wildman–Crippen MR) is 103 cm³/mol. The van der Waals surface area contributed by atoms with Crippen molar-refractivity contribution in [1.29, 1.82) is 0 Å². The Bertz CT molecular complexity index is 893. The number of hydrogen-bond acceptors (Lipinski definition) is 4. The first-order valence-electron chi connectivity index (χ1n) is 9.06. The van der Waals surface area contributed by atoms with Gasteiger partial charge in [0.05, 0.1) is 4.92 Å². The fourth-order valence-corrected chi connectivity index (χ4v) is 3.53. The van der Waals surface area contributed by atoms with Crippen molar-refractivity contribution in [3.8, 4) is 0 Å². The third-order valence-electron chi connectivity index (χ3n) is 4.99. The normalized spacial score (nSPS) is 15.9. The summed E-state index contributed by atoms with van der Waals surface area (Å²) in [4.78, 5) is 37.3. The highest BCUT2D eigenvalue weighted by Gasteiger charge is 2.31. The summed E-state index contributed by atoms with van der Waals surface area (Å²) in [6.45, 7) is 3.46. The highest BCUT2D eigenvalue weighted by atomic mass is 16.6. The molecule has 140 valence electrons. The Kier molecular flexibility index (Phi) is 5.35.